The van der Waals surface area contributed by atoms with E-state index >= 15 is 0 Å². The van der Waals surface area contributed by atoms with Crippen LogP contribution in [0.1, 0.15) is 76.2 Å². The summed E-state index contributed by atoms with van der Waals surface area (Å²) in [5, 5.41) is 15.0. The minimum atomic E-state index is -0.442. The maximum absolute atomic E-state index is 6.10. The molecule has 0 amide bonds. The summed E-state index contributed by atoms with van der Waals surface area (Å²) >= 11 is 0. The molecule has 0 saturated carbocycles. The van der Waals surface area contributed by atoms with Crippen molar-refractivity contribution < 1.29 is 8.83 Å². The Morgan fingerprint density at radius 2 is 0.911 bits per heavy atom. The van der Waals surface area contributed by atoms with E-state index in [9.17, 15) is 0 Å². The number of fused-ring (bicyclic) bond motifs is 6. The van der Waals surface area contributed by atoms with Crippen LogP contribution in [0.15, 0.2) is 106 Å². The smallest absolute Gasteiger partial charge is 0.135 e. The van der Waals surface area contributed by atoms with Crippen molar-refractivity contribution in [1.82, 2.24) is 19.6 Å². The zero-order valence-electron chi connectivity index (χ0n) is 26.5. The maximum Gasteiger partial charge on any atom is 0.135 e. The Morgan fingerprint density at radius 1 is 0.511 bits per heavy atom. The molecule has 0 aliphatic rings. The van der Waals surface area contributed by atoms with Crippen LogP contribution in [0.2, 0.25) is 0 Å². The number of furan rings is 2. The Labute approximate surface area is 261 Å². The van der Waals surface area contributed by atoms with Crippen molar-refractivity contribution in [3.05, 3.63) is 120 Å². The largest absolute Gasteiger partial charge is 0.456 e. The van der Waals surface area contributed by atoms with Crippen molar-refractivity contribution >= 4 is 43.9 Å². The molecular weight excluding hydrogens is 556 g/mol. The summed E-state index contributed by atoms with van der Waals surface area (Å²) in [5.74, 6) is 0.554. The molecule has 6 nitrogen and oxygen atoms in total. The van der Waals surface area contributed by atoms with Gasteiger partial charge in [-0.1, -0.05) is 64.1 Å². The Balaban J connectivity index is 1.24. The van der Waals surface area contributed by atoms with Gasteiger partial charge >= 0.3 is 0 Å². The van der Waals surface area contributed by atoms with Gasteiger partial charge in [0, 0.05) is 32.9 Å². The lowest BCUT2D eigenvalue weighted by molar-refractivity contribution is 0.574. The summed E-state index contributed by atoms with van der Waals surface area (Å²) in [4.78, 5) is 0. The van der Waals surface area contributed by atoms with E-state index in [1.54, 1.807) is 0 Å². The number of rotatable bonds is 6. The fraction of sp³-hybridized carbons (Fsp3) is 0.231. The van der Waals surface area contributed by atoms with Crippen LogP contribution in [-0.2, 0) is 5.41 Å². The van der Waals surface area contributed by atoms with Gasteiger partial charge in [-0.15, -0.1) is 0 Å². The fourth-order valence-corrected chi connectivity index (χ4v) is 6.46. The molecule has 4 aromatic heterocycles. The maximum atomic E-state index is 6.10. The van der Waals surface area contributed by atoms with E-state index in [1.165, 1.54) is 0 Å². The Hall–Kier alpha value is -5.10. The molecule has 224 valence electrons. The highest BCUT2D eigenvalue weighted by molar-refractivity contribution is 6.06. The molecule has 4 heterocycles. The lowest BCUT2D eigenvalue weighted by Crippen LogP contribution is -2.21. The number of hydrogen-bond acceptors (Lipinski definition) is 4. The molecule has 8 aromatic rings. The van der Waals surface area contributed by atoms with E-state index in [2.05, 4.69) is 124 Å². The molecule has 0 radical (unpaired) electrons. The zero-order valence-corrected chi connectivity index (χ0v) is 26.5. The van der Waals surface area contributed by atoms with Crippen molar-refractivity contribution in [1.29, 1.82) is 0 Å². The first-order valence-corrected chi connectivity index (χ1v) is 15.7. The molecule has 4 aromatic carbocycles. The monoisotopic (exact) mass is 592 g/mol. The highest BCUT2D eigenvalue weighted by Gasteiger charge is 2.32. The number of para-hydroxylation sites is 2. The number of hydrogen-bond donors (Lipinski definition) is 0. The minimum Gasteiger partial charge on any atom is -0.456 e. The molecule has 45 heavy (non-hydrogen) atoms. The molecule has 0 N–H and O–H groups in total. The van der Waals surface area contributed by atoms with E-state index in [0.717, 1.165) is 78.0 Å². The number of nitrogens with zero attached hydrogens (tertiary/aromatic N) is 4. The van der Waals surface area contributed by atoms with Gasteiger partial charge in [-0.3, -0.25) is 0 Å². The Morgan fingerprint density at radius 3 is 1.33 bits per heavy atom. The molecule has 0 atom stereocenters. The van der Waals surface area contributed by atoms with E-state index in [1.807, 2.05) is 24.3 Å². The van der Waals surface area contributed by atoms with Crippen LogP contribution in [-0.4, -0.2) is 19.6 Å². The van der Waals surface area contributed by atoms with Crippen LogP contribution >= 0.6 is 0 Å². The molecule has 0 spiro atoms. The predicted molar refractivity (Wildman–Crippen MR) is 182 cm³/mol. The highest BCUT2D eigenvalue weighted by atomic mass is 16.3. The first-order chi connectivity index (χ1) is 21.7. The van der Waals surface area contributed by atoms with E-state index in [4.69, 9.17) is 19.0 Å². The summed E-state index contributed by atoms with van der Waals surface area (Å²) < 4.78 is 16.4. The van der Waals surface area contributed by atoms with Crippen molar-refractivity contribution in [3.8, 4) is 11.4 Å². The third-order valence-electron chi connectivity index (χ3n) is 9.15. The van der Waals surface area contributed by atoms with Crippen molar-refractivity contribution in [2.24, 2.45) is 0 Å². The summed E-state index contributed by atoms with van der Waals surface area (Å²) in [5.41, 5.74) is 9.45. The average Bonchev–Trinajstić information content (AvgIpc) is 3.82. The van der Waals surface area contributed by atoms with Crippen LogP contribution in [0.25, 0.3) is 55.3 Å². The molecule has 0 aliphatic carbocycles. The zero-order chi connectivity index (χ0) is 31.0. The van der Waals surface area contributed by atoms with Crippen molar-refractivity contribution in [2.45, 2.75) is 58.8 Å². The SMILES string of the molecule is CC(C)c1cc(C(C)(C)c2cc(C(C)C)n(-c3ccc4oc5ccccc5c4c3)n2)nn1-c1ccc2oc3ccccc3c2c1. The van der Waals surface area contributed by atoms with Crippen molar-refractivity contribution in [3.63, 3.8) is 0 Å². The second kappa shape index (κ2) is 9.96. The van der Waals surface area contributed by atoms with Crippen LogP contribution in [0.5, 0.6) is 0 Å². The average molecular weight is 593 g/mol. The molecule has 8 rings (SSSR count). The lowest BCUT2D eigenvalue weighted by atomic mass is 9.85. The van der Waals surface area contributed by atoms with Gasteiger partial charge < -0.3 is 8.83 Å². The Bertz CT molecular complexity index is 2210. The van der Waals surface area contributed by atoms with Crippen LogP contribution in [0, 0.1) is 0 Å². The summed E-state index contributed by atoms with van der Waals surface area (Å²) in [6.07, 6.45) is 0. The quantitative estimate of drug-likeness (QED) is 0.193. The van der Waals surface area contributed by atoms with Gasteiger partial charge in [0.25, 0.3) is 0 Å². The van der Waals surface area contributed by atoms with Gasteiger partial charge in [-0.05, 0) is 86.3 Å². The van der Waals surface area contributed by atoms with Gasteiger partial charge in [0.05, 0.1) is 28.2 Å². The van der Waals surface area contributed by atoms with Gasteiger partial charge in [0.15, 0.2) is 0 Å². The lowest BCUT2D eigenvalue weighted by Gasteiger charge is -2.19. The normalized spacial score (nSPS) is 12.6. The molecular formula is C39H36N4O2. The van der Waals surface area contributed by atoms with Gasteiger partial charge in [0.1, 0.15) is 22.3 Å². The third-order valence-corrected chi connectivity index (χ3v) is 9.15. The standard InChI is InChI=1S/C39H36N4O2/c1-23(2)31-21-37(40-42(31)25-15-17-35-29(19-25)27-11-7-9-13-33(27)44-35)39(5,6)38-22-32(24(3)4)43(41-38)26-16-18-36-30(20-26)28-12-8-10-14-34(28)45-36/h7-24H,1-6H3. The van der Waals surface area contributed by atoms with Crippen LogP contribution in [0.3, 0.4) is 0 Å². The van der Waals surface area contributed by atoms with Gasteiger partial charge in [-0.2, -0.15) is 10.2 Å². The first-order valence-electron chi connectivity index (χ1n) is 15.7. The second-order valence-corrected chi connectivity index (χ2v) is 13.2. The molecule has 0 aliphatic heterocycles. The van der Waals surface area contributed by atoms with E-state index in [0.29, 0.717) is 0 Å². The van der Waals surface area contributed by atoms with E-state index in [-0.39, 0.29) is 11.8 Å². The van der Waals surface area contributed by atoms with Crippen LogP contribution in [0.4, 0.5) is 0 Å². The summed E-state index contributed by atoms with van der Waals surface area (Å²) in [6, 6.07) is 33.6. The minimum absolute atomic E-state index is 0.277. The molecule has 0 saturated heterocycles. The molecule has 0 fully saturated rings. The number of aromatic nitrogens is 4. The summed E-state index contributed by atoms with van der Waals surface area (Å²) in [7, 11) is 0. The summed E-state index contributed by atoms with van der Waals surface area (Å²) in [6.45, 7) is 13.3. The molecule has 0 bridgehead atoms. The molecule has 0 unspecified atom stereocenters. The van der Waals surface area contributed by atoms with Gasteiger partial charge in [-0.25, -0.2) is 9.36 Å². The first kappa shape index (κ1) is 27.4. The van der Waals surface area contributed by atoms with Gasteiger partial charge in [0.2, 0.25) is 0 Å². The third kappa shape index (κ3) is 4.31. The highest BCUT2D eigenvalue weighted by Crippen LogP contribution is 2.37. The van der Waals surface area contributed by atoms with E-state index < -0.39 is 5.41 Å². The number of benzene rings is 4. The second-order valence-electron chi connectivity index (χ2n) is 13.2. The topological polar surface area (TPSA) is 61.9 Å². The van der Waals surface area contributed by atoms with Crippen LogP contribution < -0.4 is 0 Å². The molecule has 6 heteroatoms. The Kier molecular flexibility index (Phi) is 6.08. The fourth-order valence-electron chi connectivity index (χ4n) is 6.46. The van der Waals surface area contributed by atoms with Crippen molar-refractivity contribution in [2.75, 3.05) is 0 Å². The predicted octanol–water partition coefficient (Wildman–Crippen LogP) is 10.4.